The number of aryl methyl sites for hydroxylation is 1. The molecule has 9 heteroatoms. The van der Waals surface area contributed by atoms with Crippen LogP contribution in [0.1, 0.15) is 70.8 Å². The van der Waals surface area contributed by atoms with Crippen molar-refractivity contribution in [3.63, 3.8) is 0 Å². The molecule has 2 N–H and O–H groups in total. The maximum atomic E-state index is 13.3. The second-order valence-electron chi connectivity index (χ2n) is 8.70. The number of benzene rings is 3. The number of nitro groups is 1. The number of carbonyl (C=O) groups is 1. The predicted octanol–water partition coefficient (Wildman–Crippen LogP) is 7.51. The SMILES string of the molecule is CCc1cc([N+](=O)[O-])c(C)c(C(=O)Nc2cc(Cl)c(C(C#N)c3ccc(Cl)cc3)cc2C(C)C)c1O. The summed E-state index contributed by atoms with van der Waals surface area (Å²) in [5.74, 6) is -1.71. The minimum atomic E-state index is -0.691. The predicted molar refractivity (Wildman–Crippen MR) is 141 cm³/mol. The number of hydrogen-bond donors (Lipinski definition) is 2. The average Bonchev–Trinajstić information content (AvgIpc) is 2.81. The lowest BCUT2D eigenvalue weighted by Gasteiger charge is -2.20. The summed E-state index contributed by atoms with van der Waals surface area (Å²) in [5.41, 5.74) is 2.36. The molecule has 0 aromatic heterocycles. The topological polar surface area (TPSA) is 116 Å². The summed E-state index contributed by atoms with van der Waals surface area (Å²) in [7, 11) is 0. The van der Waals surface area contributed by atoms with Gasteiger partial charge in [0.1, 0.15) is 5.75 Å². The zero-order valence-corrected chi connectivity index (χ0v) is 21.7. The first-order valence-corrected chi connectivity index (χ1v) is 12.0. The molecule has 7 nitrogen and oxygen atoms in total. The van der Waals surface area contributed by atoms with Crippen LogP contribution in [0, 0.1) is 28.4 Å². The van der Waals surface area contributed by atoms with E-state index in [4.69, 9.17) is 23.2 Å². The lowest BCUT2D eigenvalue weighted by atomic mass is 9.88. The summed E-state index contributed by atoms with van der Waals surface area (Å²) in [4.78, 5) is 24.3. The molecule has 0 spiro atoms. The number of nitrogens with one attached hydrogen (secondary N) is 1. The fraction of sp³-hybridized carbons (Fsp3) is 0.259. The van der Waals surface area contributed by atoms with Crippen molar-refractivity contribution in [3.05, 3.63) is 96.0 Å². The normalized spacial score (nSPS) is 11.7. The van der Waals surface area contributed by atoms with Crippen LogP contribution >= 0.6 is 23.2 Å². The van der Waals surface area contributed by atoms with Gasteiger partial charge in [0.2, 0.25) is 0 Å². The Hall–Kier alpha value is -3.60. The van der Waals surface area contributed by atoms with Crippen molar-refractivity contribution in [2.24, 2.45) is 0 Å². The number of carbonyl (C=O) groups excluding carboxylic acids is 1. The molecular formula is C27H25Cl2N3O4. The van der Waals surface area contributed by atoms with E-state index in [1.807, 2.05) is 13.8 Å². The highest BCUT2D eigenvalue weighted by Crippen LogP contribution is 2.38. The van der Waals surface area contributed by atoms with E-state index in [-0.39, 0.29) is 33.5 Å². The van der Waals surface area contributed by atoms with Gasteiger partial charge in [0.05, 0.1) is 22.5 Å². The highest BCUT2D eigenvalue weighted by atomic mass is 35.5. The number of hydrogen-bond acceptors (Lipinski definition) is 5. The molecule has 186 valence electrons. The lowest BCUT2D eigenvalue weighted by molar-refractivity contribution is -0.385. The standard InChI is InChI=1S/C27H25Cl2N3O4/c1-5-16-10-24(32(35)36)15(4)25(26(16)33)27(34)31-23-12-22(29)20(11-19(23)14(2)3)21(13-30)17-6-8-18(28)9-7-17/h6-12,14,21,33H,5H2,1-4H3,(H,31,34). The molecule has 1 atom stereocenters. The Kier molecular flexibility index (Phi) is 8.24. The van der Waals surface area contributed by atoms with Crippen molar-refractivity contribution in [1.82, 2.24) is 0 Å². The molecule has 3 aromatic carbocycles. The second-order valence-corrected chi connectivity index (χ2v) is 9.54. The number of anilines is 1. The largest absolute Gasteiger partial charge is 0.507 e. The third-order valence-corrected chi connectivity index (χ3v) is 6.68. The molecule has 1 amide bonds. The third-order valence-electron chi connectivity index (χ3n) is 6.10. The summed E-state index contributed by atoms with van der Waals surface area (Å²) in [6.07, 6.45) is 0.311. The van der Waals surface area contributed by atoms with Crippen LogP contribution in [-0.2, 0) is 6.42 Å². The van der Waals surface area contributed by atoms with Gasteiger partial charge < -0.3 is 10.4 Å². The van der Waals surface area contributed by atoms with E-state index >= 15 is 0 Å². The molecule has 3 aromatic rings. The number of phenolic OH excluding ortho intramolecular Hbond substituents is 1. The molecule has 0 saturated heterocycles. The number of aromatic hydroxyl groups is 1. The molecule has 0 heterocycles. The Bertz CT molecular complexity index is 1380. The van der Waals surface area contributed by atoms with Crippen molar-refractivity contribution in [1.29, 1.82) is 5.26 Å². The molecule has 0 radical (unpaired) electrons. The van der Waals surface area contributed by atoms with Gasteiger partial charge in [-0.2, -0.15) is 5.26 Å². The van der Waals surface area contributed by atoms with Gasteiger partial charge in [0.15, 0.2) is 0 Å². The van der Waals surface area contributed by atoms with E-state index < -0.39 is 16.7 Å². The summed E-state index contributed by atoms with van der Waals surface area (Å²) >= 11 is 12.6. The Balaban J connectivity index is 2.10. The molecule has 0 bridgehead atoms. The van der Waals surface area contributed by atoms with Crippen LogP contribution in [0.2, 0.25) is 10.0 Å². The number of phenols is 1. The van der Waals surface area contributed by atoms with Crippen LogP contribution in [0.5, 0.6) is 5.75 Å². The fourth-order valence-corrected chi connectivity index (χ4v) is 4.52. The zero-order chi connectivity index (χ0) is 26.7. The van der Waals surface area contributed by atoms with Crippen LogP contribution < -0.4 is 5.32 Å². The summed E-state index contributed by atoms with van der Waals surface area (Å²) in [5, 5.41) is 35.7. The van der Waals surface area contributed by atoms with Crippen molar-refractivity contribution >= 4 is 40.5 Å². The first-order valence-electron chi connectivity index (χ1n) is 11.3. The summed E-state index contributed by atoms with van der Waals surface area (Å²) in [6, 6.07) is 13.8. The number of rotatable bonds is 7. The molecule has 3 rings (SSSR count). The van der Waals surface area contributed by atoms with Gasteiger partial charge in [-0.25, -0.2) is 0 Å². The van der Waals surface area contributed by atoms with Crippen LogP contribution in [-0.4, -0.2) is 15.9 Å². The first kappa shape index (κ1) is 27.0. The average molecular weight is 526 g/mol. The zero-order valence-electron chi connectivity index (χ0n) is 20.2. The minimum Gasteiger partial charge on any atom is -0.507 e. The van der Waals surface area contributed by atoms with E-state index in [0.29, 0.717) is 28.3 Å². The quantitative estimate of drug-likeness (QED) is 0.244. The van der Waals surface area contributed by atoms with E-state index in [2.05, 4.69) is 11.4 Å². The number of nitrogens with zero attached hydrogens (tertiary/aromatic N) is 2. The molecule has 36 heavy (non-hydrogen) atoms. The smallest absolute Gasteiger partial charge is 0.273 e. The van der Waals surface area contributed by atoms with Gasteiger partial charge in [0.25, 0.3) is 11.6 Å². The van der Waals surface area contributed by atoms with Gasteiger partial charge in [0, 0.05) is 32.9 Å². The van der Waals surface area contributed by atoms with Crippen molar-refractivity contribution in [2.45, 2.75) is 46.0 Å². The lowest BCUT2D eigenvalue weighted by Crippen LogP contribution is -2.17. The molecule has 0 fully saturated rings. The van der Waals surface area contributed by atoms with Crippen LogP contribution in [0.3, 0.4) is 0 Å². The van der Waals surface area contributed by atoms with E-state index in [1.165, 1.54) is 13.0 Å². The van der Waals surface area contributed by atoms with Gasteiger partial charge in [-0.1, -0.05) is 62.2 Å². The third kappa shape index (κ3) is 5.30. The monoisotopic (exact) mass is 525 g/mol. The van der Waals surface area contributed by atoms with Crippen LogP contribution in [0.25, 0.3) is 0 Å². The van der Waals surface area contributed by atoms with Crippen LogP contribution in [0.4, 0.5) is 11.4 Å². The van der Waals surface area contributed by atoms with E-state index in [0.717, 1.165) is 11.1 Å². The number of amides is 1. The van der Waals surface area contributed by atoms with Crippen molar-refractivity contribution in [3.8, 4) is 11.8 Å². The summed E-state index contributed by atoms with van der Waals surface area (Å²) < 4.78 is 0. The number of nitriles is 1. The highest BCUT2D eigenvalue weighted by molar-refractivity contribution is 6.32. The molecule has 0 aliphatic heterocycles. The van der Waals surface area contributed by atoms with Gasteiger partial charge in [-0.3, -0.25) is 14.9 Å². The number of halogens is 2. The maximum absolute atomic E-state index is 13.3. The van der Waals surface area contributed by atoms with Gasteiger partial charge in [-0.05, 0) is 54.2 Å². The minimum absolute atomic E-state index is 0.0631. The molecule has 1 unspecified atom stereocenters. The van der Waals surface area contributed by atoms with E-state index in [9.17, 15) is 25.3 Å². The second kappa shape index (κ2) is 11.0. The number of nitro benzene ring substituents is 1. The van der Waals surface area contributed by atoms with Crippen molar-refractivity contribution in [2.75, 3.05) is 5.32 Å². The van der Waals surface area contributed by atoms with Gasteiger partial charge in [-0.15, -0.1) is 0 Å². The van der Waals surface area contributed by atoms with E-state index in [1.54, 1.807) is 43.3 Å². The Labute approximate surface area is 219 Å². The highest BCUT2D eigenvalue weighted by Gasteiger charge is 2.27. The molecule has 0 aliphatic carbocycles. The Morgan fingerprint density at radius 1 is 1.17 bits per heavy atom. The first-order chi connectivity index (χ1) is 17.0. The fourth-order valence-electron chi connectivity index (χ4n) is 4.12. The Morgan fingerprint density at radius 3 is 2.33 bits per heavy atom. The van der Waals surface area contributed by atoms with Crippen LogP contribution in [0.15, 0.2) is 42.5 Å². The maximum Gasteiger partial charge on any atom is 0.273 e. The van der Waals surface area contributed by atoms with Crippen molar-refractivity contribution < 1.29 is 14.8 Å². The van der Waals surface area contributed by atoms with Gasteiger partial charge >= 0.3 is 0 Å². The molecular weight excluding hydrogens is 501 g/mol. The molecule has 0 saturated carbocycles. The summed E-state index contributed by atoms with van der Waals surface area (Å²) in [6.45, 7) is 7.02. The Morgan fingerprint density at radius 2 is 1.81 bits per heavy atom. The molecule has 0 aliphatic rings.